The lowest BCUT2D eigenvalue weighted by Gasteiger charge is -2.32. The third kappa shape index (κ3) is 8.59. The molecular weight excluding hydrogens is 829 g/mol. The van der Waals surface area contributed by atoms with E-state index in [0.717, 1.165) is 52.9 Å². The van der Waals surface area contributed by atoms with Gasteiger partial charge in [0.15, 0.2) is 0 Å². The molecule has 330 valence electrons. The van der Waals surface area contributed by atoms with Crippen molar-refractivity contribution in [2.75, 3.05) is 27.3 Å². The molecule has 2 saturated carbocycles. The summed E-state index contributed by atoms with van der Waals surface area (Å²) in [4.78, 5) is 57.1. The summed E-state index contributed by atoms with van der Waals surface area (Å²) in [5.41, 5.74) is 2.51. The molecule has 4 heterocycles. The van der Waals surface area contributed by atoms with Crippen molar-refractivity contribution in [3.63, 3.8) is 0 Å². The largest absolute Gasteiger partial charge is 0.497 e. The van der Waals surface area contributed by atoms with Gasteiger partial charge in [-0.3, -0.25) is 14.3 Å². The highest BCUT2D eigenvalue weighted by Crippen LogP contribution is 2.48. The van der Waals surface area contributed by atoms with Gasteiger partial charge in [0, 0.05) is 47.8 Å². The van der Waals surface area contributed by atoms with Crippen LogP contribution in [0.15, 0.2) is 60.0 Å². The molecule has 4 aromatic rings. The number of ether oxygens (including phenoxy) is 3. The van der Waals surface area contributed by atoms with Crippen molar-refractivity contribution >= 4 is 50.1 Å². The van der Waals surface area contributed by atoms with Gasteiger partial charge in [-0.15, -0.1) is 11.3 Å². The third-order valence-corrected chi connectivity index (χ3v) is 15.9. The Labute approximate surface area is 367 Å². The molecule has 0 unspecified atom stereocenters. The first kappa shape index (κ1) is 43.4. The molecule has 0 radical (unpaired) electrons. The number of carbonyl (C=O) groups is 3. The number of amides is 4. The predicted octanol–water partition coefficient (Wildman–Crippen LogP) is 7.25. The molecule has 8 rings (SSSR count). The molecular formula is C46H56N6O8S2. The molecule has 4 atom stereocenters. The summed E-state index contributed by atoms with van der Waals surface area (Å²) >= 11 is 1.50. The van der Waals surface area contributed by atoms with Crippen molar-refractivity contribution in [3.8, 4) is 28.0 Å². The van der Waals surface area contributed by atoms with E-state index < -0.39 is 50.2 Å². The number of hydrogen-bond acceptors (Lipinski definition) is 11. The quantitative estimate of drug-likeness (QED) is 0.146. The minimum atomic E-state index is -3.98. The van der Waals surface area contributed by atoms with E-state index in [-0.39, 0.29) is 31.3 Å². The normalized spacial score (nSPS) is 23.8. The first-order valence-electron chi connectivity index (χ1n) is 21.5. The fourth-order valence-electron chi connectivity index (χ4n) is 8.44. The number of urea groups is 1. The number of rotatable bonds is 11. The molecule has 2 aromatic heterocycles. The van der Waals surface area contributed by atoms with Crippen LogP contribution in [-0.4, -0.2) is 95.8 Å². The van der Waals surface area contributed by atoms with Gasteiger partial charge in [-0.2, -0.15) is 0 Å². The molecule has 0 bridgehead atoms. The van der Waals surface area contributed by atoms with E-state index in [1.165, 1.54) is 11.3 Å². The predicted molar refractivity (Wildman–Crippen MR) is 238 cm³/mol. The zero-order valence-electron chi connectivity index (χ0n) is 36.2. The number of nitrogens with one attached hydrogen (secondary N) is 2. The number of allylic oxidation sites excluding steroid dienone is 1. The van der Waals surface area contributed by atoms with Crippen LogP contribution < -0.4 is 24.2 Å². The molecule has 2 aliphatic carbocycles. The molecule has 4 amide bonds. The lowest BCUT2D eigenvalue weighted by Crippen LogP contribution is -2.58. The maximum atomic E-state index is 15.0. The van der Waals surface area contributed by atoms with Crippen molar-refractivity contribution < 1.29 is 37.0 Å². The summed E-state index contributed by atoms with van der Waals surface area (Å²) in [6, 6.07) is 11.8. The van der Waals surface area contributed by atoms with Crippen LogP contribution in [0.5, 0.6) is 17.2 Å². The minimum absolute atomic E-state index is 0.0777. The summed E-state index contributed by atoms with van der Waals surface area (Å²) in [7, 11) is -0.764. The highest BCUT2D eigenvalue weighted by molar-refractivity contribution is 7.91. The first-order chi connectivity index (χ1) is 29.6. The number of fused-ring (bicyclic) bond motifs is 3. The summed E-state index contributed by atoms with van der Waals surface area (Å²) in [5, 5.41) is 6.50. The third-order valence-electron chi connectivity index (χ3n) is 12.9. The van der Waals surface area contributed by atoms with Crippen LogP contribution in [0.4, 0.5) is 4.79 Å². The number of aryl methyl sites for hydroxylation is 1. The fraction of sp³-hybridized carbons (Fsp3) is 0.500. The number of thiazole rings is 1. The molecule has 3 fully saturated rings. The Morgan fingerprint density at radius 1 is 1.03 bits per heavy atom. The number of aromatic nitrogens is 2. The van der Waals surface area contributed by atoms with Crippen LogP contribution in [0.2, 0.25) is 0 Å². The van der Waals surface area contributed by atoms with Crippen LogP contribution in [0.1, 0.15) is 94.9 Å². The van der Waals surface area contributed by atoms with E-state index in [0.29, 0.717) is 54.4 Å². The number of pyridine rings is 1. The maximum absolute atomic E-state index is 15.0. The summed E-state index contributed by atoms with van der Waals surface area (Å²) in [5.74, 6) is 0.413. The van der Waals surface area contributed by atoms with Crippen molar-refractivity contribution in [1.82, 2.24) is 29.8 Å². The van der Waals surface area contributed by atoms with Crippen LogP contribution in [0, 0.1) is 12.8 Å². The molecule has 1 saturated heterocycles. The molecule has 0 spiro atoms. The molecule has 62 heavy (non-hydrogen) atoms. The highest BCUT2D eigenvalue weighted by atomic mass is 32.2. The molecule has 14 nitrogen and oxygen atoms in total. The zero-order valence-corrected chi connectivity index (χ0v) is 37.9. The van der Waals surface area contributed by atoms with Gasteiger partial charge in [-0.05, 0) is 88.1 Å². The zero-order chi connectivity index (χ0) is 44.0. The number of hydrogen-bond donors (Lipinski definition) is 2. The standard InChI is InChI=1S/C46H56N6O8S2/c1-28(2)36-27-61-42(48-36)35-23-39(34-17-18-38(59-6)29(3)40(34)47-35)60-33-22-37-41(53)49-46(43(54)50-62(56,57)45(4)19-20-45)24-31(46)12-10-8-7-9-11-21-51(44(55)52(37)26-33)25-30-13-15-32(58-5)16-14-30/h10,12-18,23,27-28,31,33,37H,7-9,11,19-22,24-26H2,1-6H3,(H,49,53)(H,50,54)/t31-,33-,37+,46-/m1/s1. The van der Waals surface area contributed by atoms with Crippen LogP contribution >= 0.6 is 11.3 Å². The topological polar surface area (TPSA) is 169 Å². The summed E-state index contributed by atoms with van der Waals surface area (Å²) < 4.78 is 45.9. The number of nitrogens with zero attached hydrogens (tertiary/aromatic N) is 4. The monoisotopic (exact) mass is 884 g/mol. The molecule has 16 heteroatoms. The second-order valence-corrected chi connectivity index (χ2v) is 20.7. The number of benzene rings is 2. The molecule has 2 aliphatic heterocycles. The molecule has 2 aromatic carbocycles. The van der Waals surface area contributed by atoms with Gasteiger partial charge >= 0.3 is 6.03 Å². The SMILES string of the molecule is COc1ccc(CN2CCCCCC=C[C@@H]3C[C@@]3(C(=O)NS(=O)(=O)C3(C)CC3)NC(=O)[C@@H]3C[C@@H](Oc4cc(-c5nc(C(C)C)cs5)nc5c(C)c(OC)ccc45)CN3C2=O)cc1. The number of carbonyl (C=O) groups excluding carboxylic acids is 3. The highest BCUT2D eigenvalue weighted by Gasteiger charge is 2.63. The van der Waals surface area contributed by atoms with Crippen molar-refractivity contribution in [1.29, 1.82) is 0 Å². The van der Waals surface area contributed by atoms with Gasteiger partial charge in [-0.25, -0.2) is 23.2 Å². The Balaban J connectivity index is 1.15. The van der Waals surface area contributed by atoms with Gasteiger partial charge in [0.1, 0.15) is 45.6 Å². The van der Waals surface area contributed by atoms with E-state index in [1.807, 2.05) is 66.9 Å². The summed E-state index contributed by atoms with van der Waals surface area (Å²) in [6.07, 6.45) is 7.76. The van der Waals surface area contributed by atoms with E-state index in [2.05, 4.69) is 23.9 Å². The van der Waals surface area contributed by atoms with E-state index in [9.17, 15) is 22.8 Å². The first-order valence-corrected chi connectivity index (χ1v) is 23.9. The van der Waals surface area contributed by atoms with Gasteiger partial charge in [0.2, 0.25) is 15.9 Å². The van der Waals surface area contributed by atoms with Crippen LogP contribution in [-0.2, 0) is 26.2 Å². The fourth-order valence-corrected chi connectivity index (χ4v) is 10.7. The van der Waals surface area contributed by atoms with E-state index >= 15 is 0 Å². The average Bonchev–Trinajstić information content (AvgIpc) is 4.02. The van der Waals surface area contributed by atoms with Gasteiger partial charge < -0.3 is 29.3 Å². The average molecular weight is 885 g/mol. The van der Waals surface area contributed by atoms with Crippen molar-refractivity contribution in [3.05, 3.63) is 76.8 Å². The Bertz CT molecular complexity index is 2500. The van der Waals surface area contributed by atoms with Crippen LogP contribution in [0.25, 0.3) is 21.6 Å². The van der Waals surface area contributed by atoms with Crippen LogP contribution in [0.3, 0.4) is 0 Å². The second kappa shape index (κ2) is 17.2. The number of methoxy groups -OCH3 is 2. The number of sulfonamides is 1. The Morgan fingerprint density at radius 3 is 2.50 bits per heavy atom. The summed E-state index contributed by atoms with van der Waals surface area (Å²) in [6.45, 7) is 8.58. The van der Waals surface area contributed by atoms with Crippen molar-refractivity contribution in [2.45, 2.75) is 114 Å². The molecule has 4 aliphatic rings. The lowest BCUT2D eigenvalue weighted by atomic mass is 10.1. The van der Waals surface area contributed by atoms with E-state index in [1.54, 1.807) is 30.9 Å². The Morgan fingerprint density at radius 2 is 1.81 bits per heavy atom. The Hall–Kier alpha value is -5.22. The van der Waals surface area contributed by atoms with Gasteiger partial charge in [0.25, 0.3) is 5.91 Å². The van der Waals surface area contributed by atoms with Gasteiger partial charge in [-0.1, -0.05) is 44.6 Å². The lowest BCUT2D eigenvalue weighted by molar-refractivity contribution is -0.131. The van der Waals surface area contributed by atoms with E-state index in [4.69, 9.17) is 24.2 Å². The molecule has 2 N–H and O–H groups in total. The van der Waals surface area contributed by atoms with Gasteiger partial charge in [0.05, 0.1) is 36.7 Å². The maximum Gasteiger partial charge on any atom is 0.321 e. The second-order valence-electron chi connectivity index (χ2n) is 17.7. The van der Waals surface area contributed by atoms with Crippen molar-refractivity contribution in [2.24, 2.45) is 5.92 Å². The Kier molecular flexibility index (Phi) is 12.0. The smallest absolute Gasteiger partial charge is 0.321 e. The minimum Gasteiger partial charge on any atom is -0.497 e.